The molecule has 0 aliphatic carbocycles. The van der Waals surface area contributed by atoms with Crippen LogP contribution in [0.2, 0.25) is 0 Å². The molecule has 1 unspecified atom stereocenters. The number of amides is 2. The molecule has 2 amide bonds. The van der Waals surface area contributed by atoms with Gasteiger partial charge in [-0.25, -0.2) is 4.39 Å². The van der Waals surface area contributed by atoms with Crippen molar-refractivity contribution in [3.63, 3.8) is 0 Å². The Morgan fingerprint density at radius 3 is 2.13 bits per heavy atom. The smallest absolute Gasteiger partial charge is 0.251 e. The first-order chi connectivity index (χ1) is 14.2. The predicted octanol–water partition coefficient (Wildman–Crippen LogP) is 3.74. The van der Waals surface area contributed by atoms with Crippen LogP contribution in [-0.4, -0.2) is 35.8 Å². The van der Waals surface area contributed by atoms with Gasteiger partial charge >= 0.3 is 0 Å². The summed E-state index contributed by atoms with van der Waals surface area (Å²) in [6, 6.07) is 13.0. The molecule has 162 valence electrons. The normalized spacial score (nSPS) is 12.3. The van der Waals surface area contributed by atoms with Gasteiger partial charge in [-0.05, 0) is 62.2 Å². The van der Waals surface area contributed by atoms with Crippen molar-refractivity contribution in [2.45, 2.75) is 52.9 Å². The number of nitrogens with one attached hydrogen (secondary N) is 2. The minimum absolute atomic E-state index is 0.100. The van der Waals surface area contributed by atoms with E-state index in [9.17, 15) is 14.0 Å². The highest BCUT2D eigenvalue weighted by atomic mass is 19.1. The van der Waals surface area contributed by atoms with Gasteiger partial charge in [-0.1, -0.05) is 38.1 Å². The molecule has 2 rings (SSSR count). The first-order valence-corrected chi connectivity index (χ1v) is 10.3. The van der Waals surface area contributed by atoms with E-state index in [0.717, 1.165) is 17.7 Å². The Balaban J connectivity index is 2.04. The number of hydrogen-bond acceptors (Lipinski definition) is 3. The molecule has 0 saturated heterocycles. The molecule has 0 aliphatic heterocycles. The standard InChI is InChI=1S/C24H32FN3O2/c1-16(2)22(27-23(29)18-10-12-21(25)13-11-18)24(30)26-14-19-8-6-7-9-20(19)15-28(5)17(3)4/h6-13,16-17,22H,14-15H2,1-5H3,(H,26,30)(H,27,29). The van der Waals surface area contributed by atoms with E-state index in [2.05, 4.69) is 42.5 Å². The van der Waals surface area contributed by atoms with E-state index in [1.807, 2.05) is 32.0 Å². The number of benzene rings is 2. The van der Waals surface area contributed by atoms with Crippen molar-refractivity contribution in [1.29, 1.82) is 0 Å². The summed E-state index contributed by atoms with van der Waals surface area (Å²) in [5, 5.41) is 5.73. The number of rotatable bonds is 9. The van der Waals surface area contributed by atoms with E-state index >= 15 is 0 Å². The number of carbonyl (C=O) groups excluding carboxylic acids is 2. The summed E-state index contributed by atoms with van der Waals surface area (Å²) in [6.45, 7) is 9.21. The van der Waals surface area contributed by atoms with Gasteiger partial charge in [0.25, 0.3) is 5.91 Å². The average molecular weight is 414 g/mol. The molecule has 0 radical (unpaired) electrons. The summed E-state index contributed by atoms with van der Waals surface area (Å²) in [4.78, 5) is 27.5. The molecule has 0 fully saturated rings. The van der Waals surface area contributed by atoms with Gasteiger partial charge < -0.3 is 10.6 Å². The molecule has 0 aromatic heterocycles. The average Bonchev–Trinajstić information content (AvgIpc) is 2.71. The van der Waals surface area contributed by atoms with Crippen LogP contribution >= 0.6 is 0 Å². The van der Waals surface area contributed by atoms with Crippen molar-refractivity contribution in [1.82, 2.24) is 15.5 Å². The largest absolute Gasteiger partial charge is 0.350 e. The number of hydrogen-bond donors (Lipinski definition) is 2. The maximum Gasteiger partial charge on any atom is 0.251 e. The Morgan fingerprint density at radius 1 is 0.967 bits per heavy atom. The monoisotopic (exact) mass is 413 g/mol. The van der Waals surface area contributed by atoms with Gasteiger partial charge in [0.05, 0.1) is 0 Å². The third kappa shape index (κ3) is 6.66. The second-order valence-corrected chi connectivity index (χ2v) is 8.20. The van der Waals surface area contributed by atoms with Gasteiger partial charge in [-0.15, -0.1) is 0 Å². The maximum absolute atomic E-state index is 13.1. The van der Waals surface area contributed by atoms with Crippen molar-refractivity contribution in [2.24, 2.45) is 5.92 Å². The number of carbonyl (C=O) groups is 2. The Labute approximate surface area is 178 Å². The number of nitrogens with zero attached hydrogens (tertiary/aromatic N) is 1. The second-order valence-electron chi connectivity index (χ2n) is 8.20. The fraction of sp³-hybridized carbons (Fsp3) is 0.417. The Hall–Kier alpha value is -2.73. The summed E-state index contributed by atoms with van der Waals surface area (Å²) < 4.78 is 13.1. The van der Waals surface area contributed by atoms with Crippen molar-refractivity contribution in [2.75, 3.05) is 7.05 Å². The zero-order valence-electron chi connectivity index (χ0n) is 18.4. The Morgan fingerprint density at radius 2 is 1.57 bits per heavy atom. The summed E-state index contributed by atoms with van der Waals surface area (Å²) >= 11 is 0. The Kier molecular flexibility index (Phi) is 8.54. The van der Waals surface area contributed by atoms with E-state index in [1.54, 1.807) is 0 Å². The lowest BCUT2D eigenvalue weighted by molar-refractivity contribution is -0.124. The molecule has 0 aliphatic rings. The third-order valence-electron chi connectivity index (χ3n) is 5.21. The predicted molar refractivity (Wildman–Crippen MR) is 117 cm³/mol. The lowest BCUT2D eigenvalue weighted by atomic mass is 10.0. The molecule has 5 nitrogen and oxygen atoms in total. The quantitative estimate of drug-likeness (QED) is 0.658. The van der Waals surface area contributed by atoms with Gasteiger partial charge in [0, 0.05) is 24.7 Å². The third-order valence-corrected chi connectivity index (χ3v) is 5.21. The van der Waals surface area contributed by atoms with E-state index < -0.39 is 17.8 Å². The summed E-state index contributed by atoms with van der Waals surface area (Å²) in [7, 11) is 2.07. The van der Waals surface area contributed by atoms with E-state index in [1.165, 1.54) is 24.3 Å². The van der Waals surface area contributed by atoms with Gasteiger partial charge in [0.2, 0.25) is 5.91 Å². The fourth-order valence-corrected chi connectivity index (χ4v) is 2.99. The second kappa shape index (κ2) is 10.9. The van der Waals surface area contributed by atoms with Crippen LogP contribution < -0.4 is 10.6 Å². The summed E-state index contributed by atoms with van der Waals surface area (Å²) in [5.74, 6) is -1.15. The summed E-state index contributed by atoms with van der Waals surface area (Å²) in [5.41, 5.74) is 2.52. The van der Waals surface area contributed by atoms with Crippen LogP contribution in [0.15, 0.2) is 48.5 Å². The molecule has 0 heterocycles. The highest BCUT2D eigenvalue weighted by molar-refractivity contribution is 5.97. The van der Waals surface area contributed by atoms with E-state index in [0.29, 0.717) is 18.2 Å². The number of halogens is 1. The Bertz CT molecular complexity index is 850. The van der Waals surface area contributed by atoms with Crippen molar-refractivity contribution >= 4 is 11.8 Å². The molecule has 2 aromatic carbocycles. The molecule has 2 aromatic rings. The van der Waals surface area contributed by atoms with E-state index in [-0.39, 0.29) is 11.8 Å². The zero-order chi connectivity index (χ0) is 22.3. The molecular weight excluding hydrogens is 381 g/mol. The molecule has 1 atom stereocenters. The minimum Gasteiger partial charge on any atom is -0.350 e. The van der Waals surface area contributed by atoms with Crippen LogP contribution in [-0.2, 0) is 17.9 Å². The minimum atomic E-state index is -0.687. The molecule has 6 heteroatoms. The fourth-order valence-electron chi connectivity index (χ4n) is 2.99. The molecule has 30 heavy (non-hydrogen) atoms. The van der Waals surface area contributed by atoms with Gasteiger partial charge in [0.15, 0.2) is 0 Å². The highest BCUT2D eigenvalue weighted by Gasteiger charge is 2.24. The highest BCUT2D eigenvalue weighted by Crippen LogP contribution is 2.13. The lowest BCUT2D eigenvalue weighted by Gasteiger charge is -2.24. The van der Waals surface area contributed by atoms with Crippen molar-refractivity contribution < 1.29 is 14.0 Å². The van der Waals surface area contributed by atoms with E-state index in [4.69, 9.17) is 0 Å². The zero-order valence-corrected chi connectivity index (χ0v) is 18.4. The summed E-state index contributed by atoms with van der Waals surface area (Å²) in [6.07, 6.45) is 0. The van der Waals surface area contributed by atoms with Crippen molar-refractivity contribution in [3.8, 4) is 0 Å². The van der Waals surface area contributed by atoms with Crippen molar-refractivity contribution in [3.05, 3.63) is 71.0 Å². The van der Waals surface area contributed by atoms with Crippen LogP contribution in [0.4, 0.5) is 4.39 Å². The van der Waals surface area contributed by atoms with Crippen LogP contribution in [0, 0.1) is 11.7 Å². The van der Waals surface area contributed by atoms with Crippen LogP contribution in [0.5, 0.6) is 0 Å². The van der Waals surface area contributed by atoms with Crippen LogP contribution in [0.25, 0.3) is 0 Å². The van der Waals surface area contributed by atoms with Crippen LogP contribution in [0.1, 0.15) is 49.2 Å². The molecule has 0 bridgehead atoms. The topological polar surface area (TPSA) is 61.4 Å². The molecule has 0 saturated carbocycles. The molecule has 2 N–H and O–H groups in total. The molecule has 0 spiro atoms. The van der Waals surface area contributed by atoms with Gasteiger partial charge in [-0.3, -0.25) is 14.5 Å². The SMILES string of the molecule is CC(C)C(NC(=O)c1ccc(F)cc1)C(=O)NCc1ccccc1CN(C)C(C)C. The maximum atomic E-state index is 13.1. The first kappa shape index (κ1) is 23.5. The van der Waals surface area contributed by atoms with Gasteiger partial charge in [0.1, 0.15) is 11.9 Å². The van der Waals surface area contributed by atoms with Crippen LogP contribution in [0.3, 0.4) is 0 Å². The molecular formula is C24H32FN3O2. The first-order valence-electron chi connectivity index (χ1n) is 10.3. The van der Waals surface area contributed by atoms with Gasteiger partial charge in [-0.2, -0.15) is 0 Å². The lowest BCUT2D eigenvalue weighted by Crippen LogP contribution is -2.49.